The Kier molecular flexibility index (Phi) is 4.62. The lowest BCUT2D eigenvalue weighted by molar-refractivity contribution is -0.122. The molecule has 0 atom stereocenters. The number of amides is 1. The van der Waals surface area contributed by atoms with Crippen LogP contribution in [0.5, 0.6) is 0 Å². The molecule has 5 nitrogen and oxygen atoms in total. The van der Waals surface area contributed by atoms with Crippen LogP contribution in [-0.4, -0.2) is 32.9 Å². The number of halogens is 2. The second kappa shape index (κ2) is 5.64. The van der Waals surface area contributed by atoms with E-state index in [2.05, 4.69) is 10.4 Å². The number of nitrogens with zero attached hydrogens (tertiary/aromatic N) is 2. The van der Waals surface area contributed by atoms with Crippen LogP contribution in [0, 0.1) is 13.8 Å². The second-order valence-corrected chi connectivity index (χ2v) is 5.14. The highest BCUT2D eigenvalue weighted by molar-refractivity contribution is 5.79. The molecule has 0 aliphatic heterocycles. The molecule has 19 heavy (non-hydrogen) atoms. The van der Waals surface area contributed by atoms with Gasteiger partial charge in [-0.05, 0) is 27.7 Å². The normalized spacial score (nSPS) is 12.0. The smallest absolute Gasteiger partial charge is 0.333 e. The Morgan fingerprint density at radius 1 is 1.47 bits per heavy atom. The number of aromatic nitrogens is 2. The number of rotatable bonds is 5. The maximum Gasteiger partial charge on any atom is 0.333 e. The van der Waals surface area contributed by atoms with E-state index in [0.717, 1.165) is 0 Å². The van der Waals surface area contributed by atoms with E-state index in [0.29, 0.717) is 15.9 Å². The lowest BCUT2D eigenvalue weighted by Gasteiger charge is -2.23. The highest BCUT2D eigenvalue weighted by Crippen LogP contribution is 2.19. The first kappa shape index (κ1) is 15.6. The molecule has 0 saturated heterocycles. The van der Waals surface area contributed by atoms with Gasteiger partial charge in [0.05, 0.1) is 24.3 Å². The van der Waals surface area contributed by atoms with Gasteiger partial charge in [-0.1, -0.05) is 0 Å². The molecule has 0 aliphatic rings. The van der Waals surface area contributed by atoms with Crippen molar-refractivity contribution in [2.75, 3.05) is 6.61 Å². The van der Waals surface area contributed by atoms with Gasteiger partial charge in [0.2, 0.25) is 5.91 Å². The highest BCUT2D eigenvalue weighted by Gasteiger charge is 2.23. The molecule has 2 N–H and O–H groups in total. The first-order valence-corrected chi connectivity index (χ1v) is 5.92. The number of nitrogens with one attached hydrogen (secondary N) is 1. The molecule has 0 bridgehead atoms. The molecule has 0 fully saturated rings. The van der Waals surface area contributed by atoms with Crippen LogP contribution in [0.15, 0.2) is 0 Å². The predicted molar refractivity (Wildman–Crippen MR) is 66.0 cm³/mol. The Labute approximate surface area is 110 Å². The standard InChI is InChI=1S/C12H19F2N3O2/c1-7-9(8(2)17(16-7)11(13)14)5-10(19)15-12(3,4)6-18/h11,18H,5-6H2,1-4H3,(H,15,19). The van der Waals surface area contributed by atoms with E-state index in [-0.39, 0.29) is 24.6 Å². The van der Waals surface area contributed by atoms with E-state index < -0.39 is 12.1 Å². The number of carbonyl (C=O) groups excluding carboxylic acids is 1. The van der Waals surface area contributed by atoms with E-state index in [1.165, 1.54) is 6.92 Å². The third-order valence-corrected chi connectivity index (χ3v) is 2.87. The van der Waals surface area contributed by atoms with E-state index >= 15 is 0 Å². The van der Waals surface area contributed by atoms with E-state index in [1.807, 2.05) is 0 Å². The van der Waals surface area contributed by atoms with Gasteiger partial charge in [-0.25, -0.2) is 4.68 Å². The molecule has 1 rings (SSSR count). The number of aryl methyl sites for hydroxylation is 1. The number of aliphatic hydroxyl groups excluding tert-OH is 1. The number of hydrogen-bond acceptors (Lipinski definition) is 3. The zero-order chi connectivity index (χ0) is 14.8. The van der Waals surface area contributed by atoms with Gasteiger partial charge in [0.25, 0.3) is 0 Å². The van der Waals surface area contributed by atoms with Gasteiger partial charge in [-0.2, -0.15) is 13.9 Å². The molecule has 1 aromatic rings. The quantitative estimate of drug-likeness (QED) is 0.851. The Hall–Kier alpha value is -1.50. The van der Waals surface area contributed by atoms with Crippen LogP contribution >= 0.6 is 0 Å². The van der Waals surface area contributed by atoms with Crippen molar-refractivity contribution in [3.05, 3.63) is 17.0 Å². The van der Waals surface area contributed by atoms with Crippen LogP contribution in [0.25, 0.3) is 0 Å². The van der Waals surface area contributed by atoms with Crippen LogP contribution in [0.3, 0.4) is 0 Å². The molecule has 0 aromatic carbocycles. The minimum Gasteiger partial charge on any atom is -0.394 e. The molecular weight excluding hydrogens is 256 g/mol. The molecule has 1 amide bonds. The predicted octanol–water partition coefficient (Wildman–Crippen LogP) is 1.32. The van der Waals surface area contributed by atoms with Crippen LogP contribution in [-0.2, 0) is 11.2 Å². The Morgan fingerprint density at radius 3 is 2.47 bits per heavy atom. The number of aliphatic hydroxyl groups is 1. The van der Waals surface area contributed by atoms with Gasteiger partial charge in [0, 0.05) is 11.3 Å². The monoisotopic (exact) mass is 275 g/mol. The average Bonchev–Trinajstić information content (AvgIpc) is 2.56. The van der Waals surface area contributed by atoms with Crippen LogP contribution in [0.1, 0.15) is 37.3 Å². The third kappa shape index (κ3) is 3.73. The van der Waals surface area contributed by atoms with Crippen LogP contribution in [0.2, 0.25) is 0 Å². The largest absolute Gasteiger partial charge is 0.394 e. The van der Waals surface area contributed by atoms with Crippen LogP contribution in [0.4, 0.5) is 8.78 Å². The van der Waals surface area contributed by atoms with E-state index in [1.54, 1.807) is 20.8 Å². The molecular formula is C12H19F2N3O2. The molecule has 1 aromatic heterocycles. The van der Waals surface area contributed by atoms with Gasteiger partial charge in [0.1, 0.15) is 0 Å². The topological polar surface area (TPSA) is 67.2 Å². The second-order valence-electron chi connectivity index (χ2n) is 5.14. The van der Waals surface area contributed by atoms with Gasteiger partial charge in [-0.15, -0.1) is 0 Å². The van der Waals surface area contributed by atoms with E-state index in [9.17, 15) is 13.6 Å². The zero-order valence-electron chi connectivity index (χ0n) is 11.5. The maximum atomic E-state index is 12.7. The molecule has 0 radical (unpaired) electrons. The summed E-state index contributed by atoms with van der Waals surface area (Å²) in [7, 11) is 0. The number of hydrogen-bond donors (Lipinski definition) is 2. The molecule has 0 unspecified atom stereocenters. The van der Waals surface area contributed by atoms with Crippen molar-refractivity contribution < 1.29 is 18.7 Å². The number of alkyl halides is 2. The lowest BCUT2D eigenvalue weighted by atomic mass is 10.1. The average molecular weight is 275 g/mol. The van der Waals surface area contributed by atoms with Crippen molar-refractivity contribution >= 4 is 5.91 Å². The third-order valence-electron chi connectivity index (χ3n) is 2.87. The minimum atomic E-state index is -2.72. The summed E-state index contributed by atoms with van der Waals surface area (Å²) in [6.07, 6.45) is -0.0339. The summed E-state index contributed by atoms with van der Waals surface area (Å²) in [5.41, 5.74) is 0.447. The van der Waals surface area contributed by atoms with Gasteiger partial charge in [0.15, 0.2) is 0 Å². The molecule has 0 spiro atoms. The summed E-state index contributed by atoms with van der Waals surface area (Å²) in [4.78, 5) is 11.8. The molecule has 0 saturated carbocycles. The SMILES string of the molecule is Cc1nn(C(F)F)c(C)c1CC(=O)NC(C)(C)CO. The lowest BCUT2D eigenvalue weighted by Crippen LogP contribution is -2.46. The highest BCUT2D eigenvalue weighted by atomic mass is 19.3. The Balaban J connectivity index is 2.86. The maximum absolute atomic E-state index is 12.7. The molecule has 108 valence electrons. The van der Waals surface area contributed by atoms with Gasteiger partial charge >= 0.3 is 6.55 Å². The summed E-state index contributed by atoms with van der Waals surface area (Å²) in [6, 6.07) is 0. The molecule has 7 heteroatoms. The summed E-state index contributed by atoms with van der Waals surface area (Å²) in [6.45, 7) is 3.52. The zero-order valence-corrected chi connectivity index (χ0v) is 11.5. The fourth-order valence-corrected chi connectivity index (χ4v) is 1.76. The van der Waals surface area contributed by atoms with Crippen molar-refractivity contribution in [3.63, 3.8) is 0 Å². The van der Waals surface area contributed by atoms with Crippen molar-refractivity contribution in [1.82, 2.24) is 15.1 Å². The van der Waals surface area contributed by atoms with Crippen LogP contribution < -0.4 is 5.32 Å². The van der Waals surface area contributed by atoms with Crippen molar-refractivity contribution in [2.24, 2.45) is 0 Å². The summed E-state index contributed by atoms with van der Waals surface area (Å²) < 4.78 is 25.9. The van der Waals surface area contributed by atoms with Gasteiger partial charge < -0.3 is 10.4 Å². The van der Waals surface area contributed by atoms with Crippen molar-refractivity contribution in [3.8, 4) is 0 Å². The molecule has 0 aliphatic carbocycles. The summed E-state index contributed by atoms with van der Waals surface area (Å²) >= 11 is 0. The Morgan fingerprint density at radius 2 is 2.05 bits per heavy atom. The summed E-state index contributed by atoms with van der Waals surface area (Å²) in [5.74, 6) is -0.334. The first-order chi connectivity index (χ1) is 8.68. The van der Waals surface area contributed by atoms with Crippen molar-refractivity contribution in [2.45, 2.75) is 46.2 Å². The Bertz CT molecular complexity index is 470. The van der Waals surface area contributed by atoms with Gasteiger partial charge in [-0.3, -0.25) is 4.79 Å². The summed E-state index contributed by atoms with van der Waals surface area (Å²) in [5, 5.41) is 15.4. The molecule has 1 heterocycles. The minimum absolute atomic E-state index is 0.0339. The van der Waals surface area contributed by atoms with Crippen molar-refractivity contribution in [1.29, 1.82) is 0 Å². The van der Waals surface area contributed by atoms with E-state index in [4.69, 9.17) is 5.11 Å². The first-order valence-electron chi connectivity index (χ1n) is 5.92. The fourth-order valence-electron chi connectivity index (χ4n) is 1.76. The number of carbonyl (C=O) groups is 1. The fraction of sp³-hybridized carbons (Fsp3) is 0.667.